The number of methoxy groups -OCH3 is 1. The van der Waals surface area contributed by atoms with Crippen LogP contribution >= 0.6 is 0 Å². The molecule has 6 nitrogen and oxygen atoms in total. The summed E-state index contributed by atoms with van der Waals surface area (Å²) in [6.07, 6.45) is -3.70. The lowest BCUT2D eigenvalue weighted by Gasteiger charge is -2.11. The van der Waals surface area contributed by atoms with Crippen LogP contribution in [0.25, 0.3) is 0 Å². The molecule has 1 N–H and O–H groups in total. The summed E-state index contributed by atoms with van der Waals surface area (Å²) in [5.74, 6) is -0.0210. The molecular weight excluding hydrogens is 348 g/mol. The summed E-state index contributed by atoms with van der Waals surface area (Å²) in [6.45, 7) is 2.70. The monoisotopic (exact) mass is 365 g/mol. The molecule has 0 saturated heterocycles. The largest absolute Gasteiger partial charge is 0.586 e. The molecule has 8 heteroatoms. The minimum atomic E-state index is -3.70. The zero-order chi connectivity index (χ0) is 18.7. The van der Waals surface area contributed by atoms with E-state index in [-0.39, 0.29) is 11.5 Å². The van der Waals surface area contributed by atoms with Crippen molar-refractivity contribution in [2.45, 2.75) is 19.8 Å². The van der Waals surface area contributed by atoms with Crippen LogP contribution in [-0.2, 0) is 11.3 Å². The molecule has 1 heterocycles. The van der Waals surface area contributed by atoms with Gasteiger partial charge >= 0.3 is 6.29 Å². The molecule has 0 spiro atoms. The normalized spacial score (nSPS) is 14.2. The number of carbonyl (C=O) groups excluding carboxylic acids is 1. The standard InChI is InChI=1S/C18H17F2NO5/c1-3-24-10-12-8-11(4-6-14(12)23-2)17(22)21-13-5-7-15-16(9-13)26-18(19,20)25-15/h4-9H,3,10H2,1-2H3,(H,21,22). The lowest BCUT2D eigenvalue weighted by atomic mass is 10.1. The van der Waals surface area contributed by atoms with Crippen molar-refractivity contribution in [1.82, 2.24) is 0 Å². The van der Waals surface area contributed by atoms with Crippen LogP contribution < -0.4 is 19.5 Å². The predicted molar refractivity (Wildman–Crippen MR) is 88.9 cm³/mol. The van der Waals surface area contributed by atoms with Gasteiger partial charge in [0.25, 0.3) is 5.91 Å². The van der Waals surface area contributed by atoms with Crippen molar-refractivity contribution in [3.05, 3.63) is 47.5 Å². The summed E-state index contributed by atoms with van der Waals surface area (Å²) in [4.78, 5) is 12.5. The number of fused-ring (bicyclic) bond motifs is 1. The Morgan fingerprint density at radius 3 is 2.65 bits per heavy atom. The van der Waals surface area contributed by atoms with Crippen molar-refractivity contribution >= 4 is 11.6 Å². The fraction of sp³-hybridized carbons (Fsp3) is 0.278. The van der Waals surface area contributed by atoms with E-state index in [1.54, 1.807) is 18.2 Å². The van der Waals surface area contributed by atoms with Crippen LogP contribution in [-0.4, -0.2) is 25.9 Å². The van der Waals surface area contributed by atoms with Crippen LogP contribution in [0.15, 0.2) is 36.4 Å². The van der Waals surface area contributed by atoms with Gasteiger partial charge in [-0.1, -0.05) is 0 Å². The van der Waals surface area contributed by atoms with Crippen molar-refractivity contribution in [3.8, 4) is 17.2 Å². The third-order valence-electron chi connectivity index (χ3n) is 3.66. The maximum atomic E-state index is 13.1. The number of carbonyl (C=O) groups is 1. The number of alkyl halides is 2. The summed E-state index contributed by atoms with van der Waals surface area (Å²) in [7, 11) is 1.53. The fourth-order valence-corrected chi connectivity index (χ4v) is 2.47. The van der Waals surface area contributed by atoms with E-state index < -0.39 is 12.2 Å². The zero-order valence-corrected chi connectivity index (χ0v) is 14.2. The minimum Gasteiger partial charge on any atom is -0.496 e. The second-order valence-corrected chi connectivity index (χ2v) is 5.45. The van der Waals surface area contributed by atoms with E-state index in [1.807, 2.05) is 6.92 Å². The second kappa shape index (κ2) is 7.17. The molecule has 2 aromatic carbocycles. The SMILES string of the molecule is CCOCc1cc(C(=O)Nc2ccc3c(c2)OC(F)(F)O3)ccc1OC. The van der Waals surface area contributed by atoms with E-state index in [4.69, 9.17) is 9.47 Å². The highest BCUT2D eigenvalue weighted by atomic mass is 19.3. The van der Waals surface area contributed by atoms with Crippen LogP contribution in [0.1, 0.15) is 22.8 Å². The molecule has 0 aromatic heterocycles. The summed E-state index contributed by atoms with van der Waals surface area (Å²) in [5.41, 5.74) is 1.41. The van der Waals surface area contributed by atoms with Crippen molar-refractivity contribution in [2.24, 2.45) is 0 Å². The fourth-order valence-electron chi connectivity index (χ4n) is 2.47. The first-order chi connectivity index (χ1) is 12.4. The average Bonchev–Trinajstić information content (AvgIpc) is 2.92. The first kappa shape index (κ1) is 17.9. The first-order valence-electron chi connectivity index (χ1n) is 7.88. The highest BCUT2D eigenvalue weighted by Gasteiger charge is 2.43. The van der Waals surface area contributed by atoms with E-state index in [9.17, 15) is 13.6 Å². The van der Waals surface area contributed by atoms with Gasteiger partial charge in [0.15, 0.2) is 11.5 Å². The van der Waals surface area contributed by atoms with Gasteiger partial charge in [0.1, 0.15) is 5.75 Å². The topological polar surface area (TPSA) is 66.0 Å². The Kier molecular flexibility index (Phi) is 4.94. The van der Waals surface area contributed by atoms with E-state index in [2.05, 4.69) is 14.8 Å². The van der Waals surface area contributed by atoms with Gasteiger partial charge in [-0.15, -0.1) is 8.78 Å². The number of hydrogen-bond donors (Lipinski definition) is 1. The molecule has 1 amide bonds. The van der Waals surface area contributed by atoms with Gasteiger partial charge in [-0.05, 0) is 37.3 Å². The maximum absolute atomic E-state index is 13.1. The van der Waals surface area contributed by atoms with Gasteiger partial charge in [-0.3, -0.25) is 4.79 Å². The Morgan fingerprint density at radius 1 is 1.15 bits per heavy atom. The van der Waals surface area contributed by atoms with Crippen LogP contribution in [0.4, 0.5) is 14.5 Å². The Labute approximate surface area is 148 Å². The number of ether oxygens (including phenoxy) is 4. The molecule has 2 aromatic rings. The van der Waals surface area contributed by atoms with Crippen LogP contribution in [0, 0.1) is 0 Å². The van der Waals surface area contributed by atoms with E-state index in [0.29, 0.717) is 30.2 Å². The quantitative estimate of drug-likeness (QED) is 0.843. The molecule has 0 aliphatic carbocycles. The zero-order valence-electron chi connectivity index (χ0n) is 14.2. The van der Waals surface area contributed by atoms with Gasteiger partial charge in [0.2, 0.25) is 0 Å². The van der Waals surface area contributed by atoms with E-state index in [1.165, 1.54) is 25.3 Å². The maximum Gasteiger partial charge on any atom is 0.586 e. The lowest BCUT2D eigenvalue weighted by Crippen LogP contribution is -2.25. The van der Waals surface area contributed by atoms with Crippen LogP contribution in [0.3, 0.4) is 0 Å². The third kappa shape index (κ3) is 3.85. The molecule has 0 radical (unpaired) electrons. The van der Waals surface area contributed by atoms with Gasteiger partial charge in [-0.25, -0.2) is 0 Å². The molecule has 3 rings (SSSR count). The predicted octanol–water partition coefficient (Wildman–Crippen LogP) is 3.81. The second-order valence-electron chi connectivity index (χ2n) is 5.45. The number of rotatable bonds is 6. The molecule has 1 aliphatic heterocycles. The number of hydrogen-bond acceptors (Lipinski definition) is 5. The molecular formula is C18H17F2NO5. The average molecular weight is 365 g/mol. The molecule has 1 aliphatic rings. The summed E-state index contributed by atoms with van der Waals surface area (Å²) < 4.78 is 45.4. The Hall–Kier alpha value is -2.87. The van der Waals surface area contributed by atoms with Crippen molar-refractivity contribution < 1.29 is 32.5 Å². The molecule has 0 atom stereocenters. The number of nitrogens with one attached hydrogen (secondary N) is 1. The molecule has 138 valence electrons. The molecule has 0 bridgehead atoms. The Morgan fingerprint density at radius 2 is 1.92 bits per heavy atom. The van der Waals surface area contributed by atoms with Gasteiger partial charge in [-0.2, -0.15) is 0 Å². The van der Waals surface area contributed by atoms with Gasteiger partial charge in [0.05, 0.1) is 13.7 Å². The van der Waals surface area contributed by atoms with Gasteiger partial charge in [0, 0.05) is 29.5 Å². The number of amides is 1. The number of halogens is 2. The van der Waals surface area contributed by atoms with Crippen molar-refractivity contribution in [2.75, 3.05) is 19.0 Å². The molecule has 26 heavy (non-hydrogen) atoms. The molecule has 0 fully saturated rings. The summed E-state index contributed by atoms with van der Waals surface area (Å²) in [6, 6.07) is 8.96. The van der Waals surface area contributed by atoms with E-state index in [0.717, 1.165) is 5.56 Å². The molecule has 0 saturated carbocycles. The van der Waals surface area contributed by atoms with Crippen LogP contribution in [0.5, 0.6) is 17.2 Å². The lowest BCUT2D eigenvalue weighted by molar-refractivity contribution is -0.286. The Bertz CT molecular complexity index is 825. The molecule has 0 unspecified atom stereocenters. The van der Waals surface area contributed by atoms with Crippen molar-refractivity contribution in [1.29, 1.82) is 0 Å². The highest BCUT2D eigenvalue weighted by Crippen LogP contribution is 2.42. The van der Waals surface area contributed by atoms with Crippen LogP contribution in [0.2, 0.25) is 0 Å². The Balaban J connectivity index is 1.76. The summed E-state index contributed by atoms with van der Waals surface area (Å²) in [5, 5.41) is 2.64. The van der Waals surface area contributed by atoms with Gasteiger partial charge < -0.3 is 24.3 Å². The highest BCUT2D eigenvalue weighted by molar-refractivity contribution is 6.04. The number of benzene rings is 2. The van der Waals surface area contributed by atoms with Crippen molar-refractivity contribution in [3.63, 3.8) is 0 Å². The first-order valence-corrected chi connectivity index (χ1v) is 7.88. The number of anilines is 1. The summed E-state index contributed by atoms with van der Waals surface area (Å²) >= 11 is 0. The minimum absolute atomic E-state index is 0.0866. The third-order valence-corrected chi connectivity index (χ3v) is 3.66. The smallest absolute Gasteiger partial charge is 0.496 e. The van der Waals surface area contributed by atoms with E-state index >= 15 is 0 Å².